The van der Waals surface area contributed by atoms with E-state index in [2.05, 4.69) is 45.6 Å². The maximum Gasteiger partial charge on any atom is 0.0166 e. The molecule has 1 heterocycles. The van der Waals surface area contributed by atoms with Gasteiger partial charge in [-0.3, -0.25) is 4.90 Å². The largest absolute Gasteiger partial charge is 0.330 e. The molecule has 1 atom stereocenters. The third-order valence-corrected chi connectivity index (χ3v) is 4.25. The summed E-state index contributed by atoms with van der Waals surface area (Å²) in [5.74, 6) is 1.47. The van der Waals surface area contributed by atoms with Gasteiger partial charge in [0.1, 0.15) is 0 Å². The van der Waals surface area contributed by atoms with Crippen LogP contribution >= 0.6 is 0 Å². The second kappa shape index (κ2) is 7.44. The van der Waals surface area contributed by atoms with E-state index >= 15 is 0 Å². The zero-order chi connectivity index (χ0) is 14.5. The van der Waals surface area contributed by atoms with Gasteiger partial charge in [-0.25, -0.2) is 0 Å². The lowest BCUT2D eigenvalue weighted by Crippen LogP contribution is -2.33. The lowest BCUT2D eigenvalue weighted by molar-refractivity contribution is 0.248. The van der Waals surface area contributed by atoms with E-state index in [1.165, 1.54) is 32.4 Å². The fourth-order valence-electron chi connectivity index (χ4n) is 2.96. The number of nitrogens with zero attached hydrogens (tertiary/aromatic N) is 1. The smallest absolute Gasteiger partial charge is 0.0166 e. The first kappa shape index (κ1) is 16.7. The highest BCUT2D eigenvalue weighted by molar-refractivity contribution is 5.14. The highest BCUT2D eigenvalue weighted by Crippen LogP contribution is 2.30. The van der Waals surface area contributed by atoms with Gasteiger partial charge in [-0.05, 0) is 49.6 Å². The molecule has 1 rings (SSSR count). The van der Waals surface area contributed by atoms with Crippen molar-refractivity contribution in [2.24, 2.45) is 23.0 Å². The first-order valence-electron chi connectivity index (χ1n) is 7.95. The van der Waals surface area contributed by atoms with Crippen LogP contribution in [0, 0.1) is 17.3 Å². The summed E-state index contributed by atoms with van der Waals surface area (Å²) in [7, 11) is 0. The molecule has 0 fully saturated rings. The lowest BCUT2D eigenvalue weighted by Gasteiger charge is -2.33. The van der Waals surface area contributed by atoms with Crippen molar-refractivity contribution in [2.45, 2.75) is 53.9 Å². The van der Waals surface area contributed by atoms with Crippen LogP contribution in [0.15, 0.2) is 11.6 Å². The molecule has 0 aromatic carbocycles. The van der Waals surface area contributed by atoms with Gasteiger partial charge in [0, 0.05) is 13.1 Å². The molecule has 2 N–H and O–H groups in total. The van der Waals surface area contributed by atoms with Gasteiger partial charge >= 0.3 is 0 Å². The number of rotatable bonds is 6. The summed E-state index contributed by atoms with van der Waals surface area (Å²) in [6.07, 6.45) is 6.21. The normalized spacial score (nSPS) is 19.6. The molecule has 0 aromatic heterocycles. The van der Waals surface area contributed by atoms with Crippen LogP contribution in [0.3, 0.4) is 0 Å². The van der Waals surface area contributed by atoms with Crippen LogP contribution < -0.4 is 5.73 Å². The molecular formula is C17H34N2. The Bertz CT molecular complexity index is 286. The van der Waals surface area contributed by atoms with Crippen molar-refractivity contribution in [2.75, 3.05) is 26.2 Å². The monoisotopic (exact) mass is 266 g/mol. The van der Waals surface area contributed by atoms with Crippen LogP contribution in [0.1, 0.15) is 53.9 Å². The van der Waals surface area contributed by atoms with Crippen LogP contribution in [-0.4, -0.2) is 31.1 Å². The topological polar surface area (TPSA) is 29.3 Å². The van der Waals surface area contributed by atoms with Gasteiger partial charge in [0.2, 0.25) is 0 Å². The van der Waals surface area contributed by atoms with Gasteiger partial charge < -0.3 is 5.73 Å². The maximum absolute atomic E-state index is 5.89. The van der Waals surface area contributed by atoms with Crippen molar-refractivity contribution >= 4 is 0 Å². The van der Waals surface area contributed by atoms with E-state index in [0.29, 0.717) is 11.3 Å². The van der Waals surface area contributed by atoms with Crippen LogP contribution in [0.4, 0.5) is 0 Å². The highest BCUT2D eigenvalue weighted by atomic mass is 15.1. The van der Waals surface area contributed by atoms with Crippen molar-refractivity contribution in [3.63, 3.8) is 0 Å². The molecule has 1 aliphatic heterocycles. The lowest BCUT2D eigenvalue weighted by atomic mass is 9.83. The quantitative estimate of drug-likeness (QED) is 0.743. The van der Waals surface area contributed by atoms with E-state index in [4.69, 9.17) is 5.73 Å². The summed E-state index contributed by atoms with van der Waals surface area (Å²) in [5.41, 5.74) is 7.86. The summed E-state index contributed by atoms with van der Waals surface area (Å²) in [6, 6.07) is 0. The molecule has 1 aliphatic rings. The van der Waals surface area contributed by atoms with E-state index in [-0.39, 0.29) is 0 Å². The number of hydrogen-bond acceptors (Lipinski definition) is 2. The van der Waals surface area contributed by atoms with Gasteiger partial charge in [-0.2, -0.15) is 0 Å². The molecule has 1 unspecified atom stereocenters. The first-order valence-corrected chi connectivity index (χ1v) is 7.95. The summed E-state index contributed by atoms with van der Waals surface area (Å²) in [4.78, 5) is 2.58. The van der Waals surface area contributed by atoms with Crippen LogP contribution in [0.25, 0.3) is 0 Å². The van der Waals surface area contributed by atoms with E-state index in [1.807, 2.05) is 0 Å². The Kier molecular flexibility index (Phi) is 6.55. The minimum absolute atomic E-state index is 0.351. The van der Waals surface area contributed by atoms with E-state index in [0.717, 1.165) is 19.0 Å². The second-order valence-corrected chi connectivity index (χ2v) is 7.55. The third-order valence-electron chi connectivity index (χ3n) is 4.25. The third kappa shape index (κ3) is 6.09. The maximum atomic E-state index is 5.89. The molecule has 0 saturated heterocycles. The Morgan fingerprint density at radius 1 is 1.32 bits per heavy atom. The first-order chi connectivity index (χ1) is 8.82. The Morgan fingerprint density at radius 2 is 2.00 bits per heavy atom. The van der Waals surface area contributed by atoms with Gasteiger partial charge in [0.25, 0.3) is 0 Å². The van der Waals surface area contributed by atoms with Crippen molar-refractivity contribution in [1.29, 1.82) is 0 Å². The molecule has 0 amide bonds. The molecule has 112 valence electrons. The molecule has 0 bridgehead atoms. The van der Waals surface area contributed by atoms with E-state index in [9.17, 15) is 0 Å². The van der Waals surface area contributed by atoms with Crippen molar-refractivity contribution in [3.8, 4) is 0 Å². The fourth-order valence-corrected chi connectivity index (χ4v) is 2.96. The molecule has 0 aliphatic carbocycles. The average molecular weight is 266 g/mol. The second-order valence-electron chi connectivity index (χ2n) is 7.55. The van der Waals surface area contributed by atoms with Crippen LogP contribution in [0.5, 0.6) is 0 Å². The van der Waals surface area contributed by atoms with Crippen molar-refractivity contribution < 1.29 is 0 Å². The highest BCUT2D eigenvalue weighted by Gasteiger charge is 2.21. The average Bonchev–Trinajstić information content (AvgIpc) is 2.33. The predicted molar refractivity (Wildman–Crippen MR) is 85.2 cm³/mol. The molecule has 2 heteroatoms. The van der Waals surface area contributed by atoms with Gasteiger partial charge in [-0.1, -0.05) is 46.3 Å². The minimum atomic E-state index is 0.351. The standard InChI is InChI=1S/C17H34N2/c1-14(2)12-15(13-18)6-9-19-10-7-16(8-11-19)17(3,4)5/h7,14-15H,6,8-13,18H2,1-5H3. The molecule has 0 spiro atoms. The number of nitrogens with two attached hydrogens (primary N) is 1. The zero-order valence-corrected chi connectivity index (χ0v) is 13.7. The SMILES string of the molecule is CC(C)CC(CN)CCN1CC=C(C(C)(C)C)CC1. The Balaban J connectivity index is 2.35. The van der Waals surface area contributed by atoms with Crippen molar-refractivity contribution in [1.82, 2.24) is 4.90 Å². The molecule has 0 saturated carbocycles. The fraction of sp³-hybridized carbons (Fsp3) is 0.882. The summed E-state index contributed by atoms with van der Waals surface area (Å²) < 4.78 is 0. The Morgan fingerprint density at radius 3 is 2.42 bits per heavy atom. The summed E-state index contributed by atoms with van der Waals surface area (Å²) in [6.45, 7) is 16.0. The minimum Gasteiger partial charge on any atom is -0.330 e. The van der Waals surface area contributed by atoms with Gasteiger partial charge in [-0.15, -0.1) is 0 Å². The van der Waals surface area contributed by atoms with Crippen LogP contribution in [0.2, 0.25) is 0 Å². The molecular weight excluding hydrogens is 232 g/mol. The van der Waals surface area contributed by atoms with Gasteiger partial charge in [0.05, 0.1) is 0 Å². The van der Waals surface area contributed by atoms with E-state index < -0.39 is 0 Å². The Labute approximate surface area is 120 Å². The van der Waals surface area contributed by atoms with Crippen LogP contribution in [-0.2, 0) is 0 Å². The zero-order valence-electron chi connectivity index (χ0n) is 13.7. The van der Waals surface area contributed by atoms with Gasteiger partial charge in [0.15, 0.2) is 0 Å². The molecule has 0 aromatic rings. The van der Waals surface area contributed by atoms with E-state index in [1.54, 1.807) is 5.57 Å². The Hall–Kier alpha value is -0.340. The van der Waals surface area contributed by atoms with Crippen molar-refractivity contribution in [3.05, 3.63) is 11.6 Å². The summed E-state index contributed by atoms with van der Waals surface area (Å²) in [5, 5.41) is 0. The number of hydrogen-bond donors (Lipinski definition) is 1. The molecule has 2 nitrogen and oxygen atoms in total. The molecule has 0 radical (unpaired) electrons. The molecule has 19 heavy (non-hydrogen) atoms. The summed E-state index contributed by atoms with van der Waals surface area (Å²) >= 11 is 0. The predicted octanol–water partition coefficient (Wildman–Crippen LogP) is 3.68.